The van der Waals surface area contributed by atoms with Gasteiger partial charge in [-0.2, -0.15) is 4.31 Å². The van der Waals surface area contributed by atoms with Crippen LogP contribution in [0.1, 0.15) is 24.4 Å². The fraction of sp³-hybridized carbons (Fsp3) is 0.294. The molecule has 1 saturated heterocycles. The number of sulfonamides is 2. The van der Waals surface area contributed by atoms with Gasteiger partial charge in [-0.3, -0.25) is 0 Å². The summed E-state index contributed by atoms with van der Waals surface area (Å²) < 4.78 is 55.3. The summed E-state index contributed by atoms with van der Waals surface area (Å²) in [6, 6.07) is 12.0. The number of rotatable bonds is 5. The molecular formula is C17H20N2O5S2. The highest BCUT2D eigenvalue weighted by Gasteiger charge is 2.36. The fourth-order valence-electron chi connectivity index (χ4n) is 3.12. The van der Waals surface area contributed by atoms with Gasteiger partial charge < -0.3 is 4.74 Å². The number of hydrogen-bond acceptors (Lipinski definition) is 5. The van der Waals surface area contributed by atoms with Crippen LogP contribution in [-0.2, 0) is 20.0 Å². The first-order valence-corrected chi connectivity index (χ1v) is 11.0. The molecule has 0 spiro atoms. The van der Waals surface area contributed by atoms with Crippen molar-refractivity contribution in [1.82, 2.24) is 4.31 Å². The van der Waals surface area contributed by atoms with E-state index in [2.05, 4.69) is 0 Å². The van der Waals surface area contributed by atoms with E-state index >= 15 is 0 Å². The van der Waals surface area contributed by atoms with Gasteiger partial charge in [-0.05, 0) is 54.8 Å². The molecule has 1 aliphatic rings. The molecule has 0 radical (unpaired) electrons. The Bertz CT molecular complexity index is 984. The Morgan fingerprint density at radius 2 is 1.54 bits per heavy atom. The van der Waals surface area contributed by atoms with Gasteiger partial charge in [0, 0.05) is 6.54 Å². The standard InChI is InChI=1S/C17H20N2O5S2/c1-24-14-6-4-13(5-7-14)17-3-2-12-19(17)26(22,23)16-10-8-15(9-11-16)25(18,20)21/h4-11,17H,2-3,12H2,1H3,(H2,18,20,21)/t17-/m0/s1. The molecule has 0 aliphatic carbocycles. The molecule has 1 atom stereocenters. The maximum atomic E-state index is 13.0. The lowest BCUT2D eigenvalue weighted by Gasteiger charge is -2.24. The van der Waals surface area contributed by atoms with Gasteiger partial charge in [0.15, 0.2) is 0 Å². The second-order valence-electron chi connectivity index (χ2n) is 6.06. The number of ether oxygens (including phenoxy) is 1. The molecule has 0 saturated carbocycles. The van der Waals surface area contributed by atoms with Crippen LogP contribution in [0.2, 0.25) is 0 Å². The van der Waals surface area contributed by atoms with Crippen molar-refractivity contribution >= 4 is 20.0 Å². The first-order chi connectivity index (χ1) is 12.2. The largest absolute Gasteiger partial charge is 0.497 e. The molecule has 0 bridgehead atoms. The summed E-state index contributed by atoms with van der Waals surface area (Å²) in [5, 5.41) is 5.06. The molecule has 9 heteroatoms. The molecule has 1 aliphatic heterocycles. The van der Waals surface area contributed by atoms with E-state index in [0.29, 0.717) is 12.3 Å². The van der Waals surface area contributed by atoms with Crippen molar-refractivity contribution < 1.29 is 21.6 Å². The van der Waals surface area contributed by atoms with Gasteiger partial charge in [0.25, 0.3) is 0 Å². The van der Waals surface area contributed by atoms with E-state index in [9.17, 15) is 16.8 Å². The number of methoxy groups -OCH3 is 1. The van der Waals surface area contributed by atoms with Crippen LogP contribution < -0.4 is 9.88 Å². The average molecular weight is 396 g/mol. The van der Waals surface area contributed by atoms with Gasteiger partial charge in [-0.15, -0.1) is 0 Å². The zero-order valence-electron chi connectivity index (χ0n) is 14.2. The normalized spacial score (nSPS) is 18.8. The Morgan fingerprint density at radius 1 is 0.962 bits per heavy atom. The Kier molecular flexibility index (Phi) is 5.07. The number of benzene rings is 2. The second-order valence-corrected chi connectivity index (χ2v) is 9.52. The third-order valence-electron chi connectivity index (χ3n) is 4.46. The zero-order valence-corrected chi connectivity index (χ0v) is 15.8. The summed E-state index contributed by atoms with van der Waals surface area (Å²) >= 11 is 0. The van der Waals surface area contributed by atoms with E-state index in [0.717, 1.165) is 18.4 Å². The van der Waals surface area contributed by atoms with E-state index in [4.69, 9.17) is 9.88 Å². The lowest BCUT2D eigenvalue weighted by atomic mass is 10.1. The summed E-state index contributed by atoms with van der Waals surface area (Å²) in [6.07, 6.45) is 1.48. The summed E-state index contributed by atoms with van der Waals surface area (Å²) in [6.45, 7) is 0.413. The summed E-state index contributed by atoms with van der Waals surface area (Å²) in [5.41, 5.74) is 0.896. The maximum Gasteiger partial charge on any atom is 0.243 e. The molecule has 140 valence electrons. The van der Waals surface area contributed by atoms with Crippen LogP contribution >= 0.6 is 0 Å². The van der Waals surface area contributed by atoms with E-state index in [-0.39, 0.29) is 15.8 Å². The van der Waals surface area contributed by atoms with Crippen LogP contribution in [0.4, 0.5) is 0 Å². The third kappa shape index (κ3) is 3.61. The lowest BCUT2D eigenvalue weighted by Crippen LogP contribution is -2.30. The molecule has 26 heavy (non-hydrogen) atoms. The van der Waals surface area contributed by atoms with Gasteiger partial charge >= 0.3 is 0 Å². The topological polar surface area (TPSA) is 107 Å². The molecule has 2 aromatic carbocycles. The molecule has 0 aromatic heterocycles. The summed E-state index contributed by atoms with van der Waals surface area (Å²) in [4.78, 5) is -0.0742. The molecular weight excluding hydrogens is 376 g/mol. The minimum Gasteiger partial charge on any atom is -0.497 e. The predicted octanol–water partition coefficient (Wildman–Crippen LogP) is 1.87. The van der Waals surface area contributed by atoms with Crippen LogP contribution in [0.25, 0.3) is 0 Å². The van der Waals surface area contributed by atoms with E-state index < -0.39 is 20.0 Å². The van der Waals surface area contributed by atoms with Gasteiger partial charge in [-0.1, -0.05) is 12.1 Å². The Morgan fingerprint density at radius 3 is 2.08 bits per heavy atom. The fourth-order valence-corrected chi connectivity index (χ4v) is 5.32. The van der Waals surface area contributed by atoms with Gasteiger partial charge in [0.2, 0.25) is 20.0 Å². The van der Waals surface area contributed by atoms with Gasteiger partial charge in [0.1, 0.15) is 5.75 Å². The Labute approximate surface area is 153 Å². The molecule has 7 nitrogen and oxygen atoms in total. The maximum absolute atomic E-state index is 13.0. The highest BCUT2D eigenvalue weighted by molar-refractivity contribution is 7.89. The van der Waals surface area contributed by atoms with E-state index in [1.807, 2.05) is 12.1 Å². The van der Waals surface area contributed by atoms with Crippen molar-refractivity contribution in [2.45, 2.75) is 28.7 Å². The highest BCUT2D eigenvalue weighted by atomic mass is 32.2. The van der Waals surface area contributed by atoms with Crippen LogP contribution in [0.15, 0.2) is 58.3 Å². The smallest absolute Gasteiger partial charge is 0.243 e. The lowest BCUT2D eigenvalue weighted by molar-refractivity contribution is 0.394. The van der Waals surface area contributed by atoms with Gasteiger partial charge in [-0.25, -0.2) is 22.0 Å². The first-order valence-electron chi connectivity index (χ1n) is 8.02. The van der Waals surface area contributed by atoms with Crippen molar-refractivity contribution in [2.24, 2.45) is 5.14 Å². The molecule has 1 fully saturated rings. The number of primary sulfonamides is 1. The van der Waals surface area contributed by atoms with Gasteiger partial charge in [0.05, 0.1) is 22.9 Å². The van der Waals surface area contributed by atoms with Crippen LogP contribution in [0.3, 0.4) is 0 Å². The number of hydrogen-bond donors (Lipinski definition) is 1. The van der Waals surface area contributed by atoms with E-state index in [1.165, 1.54) is 28.6 Å². The minimum atomic E-state index is -3.86. The molecule has 0 amide bonds. The Hall–Kier alpha value is -1.94. The third-order valence-corrected chi connectivity index (χ3v) is 7.31. The quantitative estimate of drug-likeness (QED) is 0.830. The highest BCUT2D eigenvalue weighted by Crippen LogP contribution is 2.37. The minimum absolute atomic E-state index is 0.0466. The average Bonchev–Trinajstić information content (AvgIpc) is 3.12. The molecule has 0 unspecified atom stereocenters. The first kappa shape index (κ1) is 18.8. The number of nitrogens with zero attached hydrogens (tertiary/aromatic N) is 1. The van der Waals surface area contributed by atoms with Crippen LogP contribution in [0, 0.1) is 0 Å². The second kappa shape index (κ2) is 6.99. The van der Waals surface area contributed by atoms with Crippen molar-refractivity contribution in [1.29, 1.82) is 0 Å². The number of nitrogens with two attached hydrogens (primary N) is 1. The molecule has 2 aromatic rings. The monoisotopic (exact) mass is 396 g/mol. The van der Waals surface area contributed by atoms with Crippen LogP contribution in [0.5, 0.6) is 5.75 Å². The van der Waals surface area contributed by atoms with Crippen molar-refractivity contribution in [3.8, 4) is 5.75 Å². The Balaban J connectivity index is 1.92. The SMILES string of the molecule is COc1ccc([C@@H]2CCCN2S(=O)(=O)c2ccc(S(N)(=O)=O)cc2)cc1. The summed E-state index contributed by atoms with van der Waals surface area (Å²) in [7, 11) is -6.04. The molecule has 2 N–H and O–H groups in total. The van der Waals surface area contributed by atoms with Crippen molar-refractivity contribution in [3.63, 3.8) is 0 Å². The predicted molar refractivity (Wildman–Crippen MR) is 96.7 cm³/mol. The van der Waals surface area contributed by atoms with Crippen molar-refractivity contribution in [2.75, 3.05) is 13.7 Å². The summed E-state index contributed by atoms with van der Waals surface area (Å²) in [5.74, 6) is 0.708. The zero-order chi connectivity index (χ0) is 18.9. The van der Waals surface area contributed by atoms with Crippen molar-refractivity contribution in [3.05, 3.63) is 54.1 Å². The molecule has 1 heterocycles. The molecule has 3 rings (SSSR count). The van der Waals surface area contributed by atoms with E-state index in [1.54, 1.807) is 19.2 Å². The van der Waals surface area contributed by atoms with Crippen LogP contribution in [-0.4, -0.2) is 34.8 Å².